The molecular weight excluding hydrogens is 549 g/mol. The number of para-hydroxylation sites is 1. The summed E-state index contributed by atoms with van der Waals surface area (Å²) in [6, 6.07) is 13.7. The van der Waals surface area contributed by atoms with Crippen LogP contribution in [-0.4, -0.2) is 48.9 Å². The fourth-order valence-corrected chi connectivity index (χ4v) is 5.84. The zero-order chi connectivity index (χ0) is 29.1. The Morgan fingerprint density at radius 3 is 2.33 bits per heavy atom. The van der Waals surface area contributed by atoms with Crippen molar-refractivity contribution < 1.29 is 41.0 Å². The van der Waals surface area contributed by atoms with E-state index in [0.717, 1.165) is 27.4 Å². The SMILES string of the molecule is CC#CCOc1ccc(S(=O)(=O)N2Cc3ccccc3N(C(=O)c3ccccc3C(F)(F)F)CC2C(=O)O)cc1. The standard InChI is InChI=1S/C28H23F3N2O6S/c1-2-3-16-39-20-12-14-21(15-13-20)40(37,38)33-17-19-8-4-7-11-24(19)32(18-25(33)27(35)36)26(34)22-9-5-6-10-23(22)28(29,30)31/h4-15,25H,16-18H2,1H3,(H,35,36). The number of amides is 1. The molecule has 1 aliphatic rings. The molecule has 1 atom stereocenters. The first-order valence-corrected chi connectivity index (χ1v) is 13.3. The van der Waals surface area contributed by atoms with E-state index in [4.69, 9.17) is 4.74 Å². The largest absolute Gasteiger partial charge is 0.481 e. The van der Waals surface area contributed by atoms with Gasteiger partial charge in [-0.25, -0.2) is 8.42 Å². The summed E-state index contributed by atoms with van der Waals surface area (Å²) >= 11 is 0. The van der Waals surface area contributed by atoms with Gasteiger partial charge < -0.3 is 14.7 Å². The van der Waals surface area contributed by atoms with Crippen molar-refractivity contribution in [3.05, 3.63) is 89.5 Å². The Labute approximate surface area is 228 Å². The van der Waals surface area contributed by atoms with E-state index in [1.807, 2.05) is 0 Å². The third kappa shape index (κ3) is 5.80. The predicted octanol–water partition coefficient (Wildman–Crippen LogP) is 4.41. The molecule has 0 spiro atoms. The molecule has 0 saturated heterocycles. The van der Waals surface area contributed by atoms with Crippen molar-refractivity contribution in [1.29, 1.82) is 0 Å². The molecule has 0 aliphatic carbocycles. The first-order chi connectivity index (χ1) is 18.9. The summed E-state index contributed by atoms with van der Waals surface area (Å²) in [5.41, 5.74) is -1.53. The monoisotopic (exact) mass is 572 g/mol. The molecule has 0 radical (unpaired) electrons. The van der Waals surface area contributed by atoms with Crippen LogP contribution < -0.4 is 9.64 Å². The second-order valence-electron chi connectivity index (χ2n) is 8.68. The number of rotatable bonds is 6. The normalized spacial score (nSPS) is 15.8. The summed E-state index contributed by atoms with van der Waals surface area (Å²) in [6.45, 7) is 0.562. The van der Waals surface area contributed by atoms with Gasteiger partial charge in [0.1, 0.15) is 18.4 Å². The van der Waals surface area contributed by atoms with Gasteiger partial charge in [-0.1, -0.05) is 36.3 Å². The van der Waals surface area contributed by atoms with Crippen LogP contribution in [0.3, 0.4) is 0 Å². The van der Waals surface area contributed by atoms with Crippen LogP contribution in [0.15, 0.2) is 77.7 Å². The molecule has 0 bridgehead atoms. The van der Waals surface area contributed by atoms with Crippen LogP contribution in [0.25, 0.3) is 0 Å². The number of nitrogens with zero attached hydrogens (tertiary/aromatic N) is 2. The van der Waals surface area contributed by atoms with Gasteiger partial charge in [-0.3, -0.25) is 9.59 Å². The van der Waals surface area contributed by atoms with Crippen molar-refractivity contribution in [3.63, 3.8) is 0 Å². The molecule has 4 rings (SSSR count). The summed E-state index contributed by atoms with van der Waals surface area (Å²) in [5.74, 6) is 3.03. The molecule has 1 heterocycles. The van der Waals surface area contributed by atoms with Crippen molar-refractivity contribution in [2.24, 2.45) is 0 Å². The average Bonchev–Trinajstić information content (AvgIpc) is 3.11. The summed E-state index contributed by atoms with van der Waals surface area (Å²) in [4.78, 5) is 26.6. The molecule has 1 unspecified atom stereocenters. The van der Waals surface area contributed by atoms with Crippen molar-refractivity contribution in [3.8, 4) is 17.6 Å². The van der Waals surface area contributed by atoms with Gasteiger partial charge in [0.25, 0.3) is 5.91 Å². The predicted molar refractivity (Wildman–Crippen MR) is 139 cm³/mol. The first-order valence-electron chi connectivity index (χ1n) is 11.9. The number of carbonyl (C=O) groups excluding carboxylic acids is 1. The highest BCUT2D eigenvalue weighted by Crippen LogP contribution is 2.36. The van der Waals surface area contributed by atoms with Crippen LogP contribution >= 0.6 is 0 Å². The smallest absolute Gasteiger partial charge is 0.417 e. The molecule has 1 aliphatic heterocycles. The zero-order valence-electron chi connectivity index (χ0n) is 21.1. The second-order valence-corrected chi connectivity index (χ2v) is 10.6. The Kier molecular flexibility index (Phi) is 8.18. The topological polar surface area (TPSA) is 104 Å². The van der Waals surface area contributed by atoms with Gasteiger partial charge in [0, 0.05) is 12.2 Å². The number of hydrogen-bond acceptors (Lipinski definition) is 5. The number of benzene rings is 3. The van der Waals surface area contributed by atoms with Crippen molar-refractivity contribution in [2.45, 2.75) is 30.6 Å². The van der Waals surface area contributed by atoms with Crippen molar-refractivity contribution in [2.75, 3.05) is 18.1 Å². The molecule has 208 valence electrons. The molecule has 0 aromatic heterocycles. The average molecular weight is 573 g/mol. The third-order valence-corrected chi connectivity index (χ3v) is 8.09. The number of sulfonamides is 1. The lowest BCUT2D eigenvalue weighted by Crippen LogP contribution is -2.50. The Hall–Kier alpha value is -4.34. The van der Waals surface area contributed by atoms with E-state index >= 15 is 0 Å². The van der Waals surface area contributed by atoms with Gasteiger partial charge in [-0.05, 0) is 55.0 Å². The van der Waals surface area contributed by atoms with Crippen LogP contribution in [0.1, 0.15) is 28.4 Å². The van der Waals surface area contributed by atoms with Crippen LogP contribution in [0.4, 0.5) is 18.9 Å². The lowest BCUT2D eigenvalue weighted by molar-refractivity contribution is -0.141. The van der Waals surface area contributed by atoms with Gasteiger partial charge in [-0.15, -0.1) is 5.92 Å². The molecule has 3 aromatic carbocycles. The number of halogens is 3. The number of aliphatic carboxylic acids is 1. The van der Waals surface area contributed by atoms with E-state index in [0.29, 0.717) is 5.75 Å². The van der Waals surface area contributed by atoms with Crippen LogP contribution in [0, 0.1) is 11.8 Å². The summed E-state index contributed by atoms with van der Waals surface area (Å²) in [6.07, 6.45) is -4.85. The molecule has 12 heteroatoms. The quantitative estimate of drug-likeness (QED) is 0.439. The van der Waals surface area contributed by atoms with E-state index < -0.39 is 58.3 Å². The minimum Gasteiger partial charge on any atom is -0.481 e. The number of ether oxygens (including phenoxy) is 1. The summed E-state index contributed by atoms with van der Waals surface area (Å²) < 4.78 is 74.7. The fraction of sp³-hybridized carbons (Fsp3) is 0.214. The minimum absolute atomic E-state index is 0.0912. The van der Waals surface area contributed by atoms with Crippen molar-refractivity contribution in [1.82, 2.24) is 4.31 Å². The Morgan fingerprint density at radius 2 is 1.68 bits per heavy atom. The van der Waals surface area contributed by atoms with Gasteiger partial charge in [0.05, 0.1) is 22.6 Å². The van der Waals surface area contributed by atoms with Crippen LogP contribution in [-0.2, 0) is 27.5 Å². The maximum Gasteiger partial charge on any atom is 0.417 e. The molecule has 1 N–H and O–H groups in total. The fourth-order valence-electron chi connectivity index (χ4n) is 4.29. The molecule has 1 amide bonds. The first kappa shape index (κ1) is 28.7. The van der Waals surface area contributed by atoms with Gasteiger partial charge in [0.2, 0.25) is 10.0 Å². The maximum absolute atomic E-state index is 13.7. The second kappa shape index (κ2) is 11.4. The van der Waals surface area contributed by atoms with E-state index in [9.17, 15) is 36.3 Å². The highest BCUT2D eigenvalue weighted by atomic mass is 32.2. The van der Waals surface area contributed by atoms with E-state index in [1.54, 1.807) is 13.0 Å². The van der Waals surface area contributed by atoms with Gasteiger partial charge >= 0.3 is 12.1 Å². The molecule has 3 aromatic rings. The number of anilines is 1. The zero-order valence-corrected chi connectivity index (χ0v) is 21.9. The number of alkyl halides is 3. The molecule has 0 fully saturated rings. The maximum atomic E-state index is 13.7. The van der Waals surface area contributed by atoms with Crippen LogP contribution in [0.2, 0.25) is 0 Å². The molecule has 0 saturated carbocycles. The van der Waals surface area contributed by atoms with E-state index in [1.165, 1.54) is 48.5 Å². The highest BCUT2D eigenvalue weighted by molar-refractivity contribution is 7.89. The summed E-state index contributed by atoms with van der Waals surface area (Å²) in [7, 11) is -4.46. The number of fused-ring (bicyclic) bond motifs is 1. The van der Waals surface area contributed by atoms with E-state index in [2.05, 4.69) is 11.8 Å². The number of carbonyl (C=O) groups is 2. The number of hydrogen-bond donors (Lipinski definition) is 1. The number of carboxylic acid groups (broad SMARTS) is 1. The molecule has 40 heavy (non-hydrogen) atoms. The van der Waals surface area contributed by atoms with Gasteiger partial charge in [0.15, 0.2) is 0 Å². The van der Waals surface area contributed by atoms with Crippen molar-refractivity contribution >= 4 is 27.6 Å². The minimum atomic E-state index is -4.85. The molecule has 8 nitrogen and oxygen atoms in total. The Bertz CT molecular complexity index is 1590. The lowest BCUT2D eigenvalue weighted by Gasteiger charge is -2.29. The van der Waals surface area contributed by atoms with E-state index in [-0.39, 0.29) is 22.8 Å². The van der Waals surface area contributed by atoms with Gasteiger partial charge in [-0.2, -0.15) is 17.5 Å². The third-order valence-electron chi connectivity index (χ3n) is 6.22. The number of carboxylic acids is 1. The highest BCUT2D eigenvalue weighted by Gasteiger charge is 2.43. The molecular formula is C28H23F3N2O6S. The summed E-state index contributed by atoms with van der Waals surface area (Å²) in [5, 5.41) is 10.1. The van der Waals surface area contributed by atoms with Crippen LogP contribution in [0.5, 0.6) is 5.75 Å². The Balaban J connectivity index is 1.77. The lowest BCUT2D eigenvalue weighted by atomic mass is 10.0. The Morgan fingerprint density at radius 1 is 1.02 bits per heavy atom.